The van der Waals surface area contributed by atoms with Gasteiger partial charge in [0.15, 0.2) is 11.5 Å². The number of rotatable bonds is 0. The van der Waals surface area contributed by atoms with E-state index in [1.54, 1.807) is 12.1 Å². The Bertz CT molecular complexity index is 376. The van der Waals surface area contributed by atoms with E-state index in [0.717, 1.165) is 0 Å². The van der Waals surface area contributed by atoms with E-state index in [0.29, 0.717) is 35.1 Å². The average molecular weight is 198 g/mol. The Morgan fingerprint density at radius 3 is 2.92 bits per heavy atom. The molecular weight excluding hydrogens is 190 g/mol. The van der Waals surface area contributed by atoms with Crippen LogP contribution in [0.2, 0.25) is 5.02 Å². The number of hydrogen-bond acceptors (Lipinski definition) is 3. The molecule has 0 radical (unpaired) electrons. The van der Waals surface area contributed by atoms with E-state index in [4.69, 9.17) is 22.1 Å². The molecule has 0 amide bonds. The van der Waals surface area contributed by atoms with E-state index in [2.05, 4.69) is 0 Å². The van der Waals surface area contributed by atoms with Gasteiger partial charge in [-0.05, 0) is 12.1 Å². The van der Waals surface area contributed by atoms with E-state index < -0.39 is 0 Å². The molecule has 0 atom stereocenters. The maximum atomic E-state index is 11.4. The third kappa shape index (κ3) is 1.25. The third-order valence-corrected chi connectivity index (χ3v) is 2.29. The van der Waals surface area contributed by atoms with Crippen LogP contribution in [-0.2, 0) is 0 Å². The second-order valence-corrected chi connectivity index (χ2v) is 3.27. The fourth-order valence-electron chi connectivity index (χ4n) is 1.37. The first-order valence-corrected chi connectivity index (χ1v) is 4.32. The number of anilines is 1. The second-order valence-electron chi connectivity index (χ2n) is 2.86. The minimum absolute atomic E-state index is 0.00116. The highest BCUT2D eigenvalue weighted by Crippen LogP contribution is 2.36. The Hall–Kier alpha value is -1.22. The van der Waals surface area contributed by atoms with Crippen LogP contribution in [0.5, 0.6) is 5.75 Å². The molecule has 1 aromatic carbocycles. The molecule has 2 N–H and O–H groups in total. The summed E-state index contributed by atoms with van der Waals surface area (Å²) >= 11 is 5.85. The van der Waals surface area contributed by atoms with Crippen molar-refractivity contribution in [3.8, 4) is 5.75 Å². The van der Waals surface area contributed by atoms with Crippen LogP contribution >= 0.6 is 11.6 Å². The Kier molecular flexibility index (Phi) is 1.88. The van der Waals surface area contributed by atoms with E-state index in [1.165, 1.54) is 0 Å². The van der Waals surface area contributed by atoms with Gasteiger partial charge in [0.25, 0.3) is 0 Å². The number of carbonyl (C=O) groups is 1. The van der Waals surface area contributed by atoms with Crippen LogP contribution in [0.1, 0.15) is 16.8 Å². The van der Waals surface area contributed by atoms with E-state index in [1.807, 2.05) is 0 Å². The van der Waals surface area contributed by atoms with Crippen molar-refractivity contribution in [1.82, 2.24) is 0 Å². The monoisotopic (exact) mass is 197 g/mol. The zero-order valence-electron chi connectivity index (χ0n) is 6.84. The summed E-state index contributed by atoms with van der Waals surface area (Å²) in [6, 6.07) is 3.25. The van der Waals surface area contributed by atoms with Crippen molar-refractivity contribution in [1.29, 1.82) is 0 Å². The average Bonchev–Trinajstić information content (AvgIpc) is 2.12. The molecule has 0 aliphatic carbocycles. The zero-order chi connectivity index (χ0) is 9.42. The van der Waals surface area contributed by atoms with Gasteiger partial charge in [0.1, 0.15) is 0 Å². The van der Waals surface area contributed by atoms with E-state index in [-0.39, 0.29) is 5.78 Å². The fourth-order valence-corrected chi connectivity index (χ4v) is 1.58. The molecule has 0 bridgehead atoms. The molecule has 0 unspecified atom stereocenters. The number of benzene rings is 1. The molecule has 13 heavy (non-hydrogen) atoms. The van der Waals surface area contributed by atoms with Gasteiger partial charge in [-0.2, -0.15) is 0 Å². The molecule has 0 saturated carbocycles. The predicted molar refractivity (Wildman–Crippen MR) is 50.3 cm³/mol. The standard InChI is InChI=1S/C9H8ClNO2/c10-5-1-2-6(11)8-7(12)3-4-13-9(5)8/h1-2H,3-4,11H2. The van der Waals surface area contributed by atoms with Gasteiger partial charge >= 0.3 is 0 Å². The van der Waals surface area contributed by atoms with Crippen LogP contribution in [0.3, 0.4) is 0 Å². The van der Waals surface area contributed by atoms with Crippen LogP contribution in [0.15, 0.2) is 12.1 Å². The number of ketones is 1. The Balaban J connectivity index is 2.67. The smallest absolute Gasteiger partial charge is 0.172 e. The predicted octanol–water partition coefficient (Wildman–Crippen LogP) is 1.89. The molecule has 0 aromatic heterocycles. The van der Waals surface area contributed by atoms with Crippen molar-refractivity contribution in [2.24, 2.45) is 0 Å². The second kappa shape index (κ2) is 2.92. The van der Waals surface area contributed by atoms with Gasteiger partial charge in [-0.3, -0.25) is 4.79 Å². The molecule has 1 aliphatic heterocycles. The SMILES string of the molecule is Nc1ccc(Cl)c2c1C(=O)CCO2. The fraction of sp³-hybridized carbons (Fsp3) is 0.222. The highest BCUT2D eigenvalue weighted by molar-refractivity contribution is 6.33. The number of nitrogens with two attached hydrogens (primary N) is 1. The molecule has 68 valence electrons. The molecular formula is C9H8ClNO2. The van der Waals surface area contributed by atoms with Crippen LogP contribution in [0, 0.1) is 0 Å². The van der Waals surface area contributed by atoms with Crippen molar-refractivity contribution in [2.45, 2.75) is 6.42 Å². The largest absolute Gasteiger partial charge is 0.491 e. The van der Waals surface area contributed by atoms with Gasteiger partial charge in [0, 0.05) is 12.1 Å². The Morgan fingerprint density at radius 1 is 1.46 bits per heavy atom. The minimum Gasteiger partial charge on any atom is -0.491 e. The first kappa shape index (κ1) is 8.38. The summed E-state index contributed by atoms with van der Waals surface area (Å²) in [6.07, 6.45) is 0.373. The van der Waals surface area contributed by atoms with Crippen molar-refractivity contribution in [3.05, 3.63) is 22.7 Å². The van der Waals surface area contributed by atoms with Crippen molar-refractivity contribution in [2.75, 3.05) is 12.3 Å². The molecule has 1 heterocycles. The Morgan fingerprint density at radius 2 is 2.23 bits per heavy atom. The lowest BCUT2D eigenvalue weighted by molar-refractivity contribution is 0.0935. The highest BCUT2D eigenvalue weighted by Gasteiger charge is 2.23. The molecule has 1 aromatic rings. The molecule has 2 rings (SSSR count). The number of ether oxygens (including phenoxy) is 1. The van der Waals surface area contributed by atoms with Crippen LogP contribution < -0.4 is 10.5 Å². The van der Waals surface area contributed by atoms with Crippen molar-refractivity contribution < 1.29 is 9.53 Å². The summed E-state index contributed by atoms with van der Waals surface area (Å²) in [7, 11) is 0. The quantitative estimate of drug-likeness (QED) is 0.647. The lowest BCUT2D eigenvalue weighted by Gasteiger charge is -2.18. The van der Waals surface area contributed by atoms with Crippen molar-refractivity contribution in [3.63, 3.8) is 0 Å². The van der Waals surface area contributed by atoms with Crippen LogP contribution in [0.4, 0.5) is 5.69 Å². The minimum atomic E-state index is 0.00116. The molecule has 0 spiro atoms. The topological polar surface area (TPSA) is 52.3 Å². The first-order valence-electron chi connectivity index (χ1n) is 3.94. The van der Waals surface area contributed by atoms with Crippen LogP contribution in [-0.4, -0.2) is 12.4 Å². The van der Waals surface area contributed by atoms with Gasteiger partial charge in [-0.15, -0.1) is 0 Å². The first-order chi connectivity index (χ1) is 6.20. The summed E-state index contributed by atoms with van der Waals surface area (Å²) < 4.78 is 5.27. The third-order valence-electron chi connectivity index (χ3n) is 2.00. The lowest BCUT2D eigenvalue weighted by atomic mass is 10.0. The van der Waals surface area contributed by atoms with Crippen molar-refractivity contribution >= 4 is 23.1 Å². The molecule has 1 aliphatic rings. The summed E-state index contributed by atoms with van der Waals surface area (Å²) in [5.74, 6) is 0.430. The molecule has 4 heteroatoms. The summed E-state index contributed by atoms with van der Waals surface area (Å²) in [5.41, 5.74) is 6.50. The number of hydrogen-bond donors (Lipinski definition) is 1. The highest BCUT2D eigenvalue weighted by atomic mass is 35.5. The van der Waals surface area contributed by atoms with Crippen LogP contribution in [0.25, 0.3) is 0 Å². The van der Waals surface area contributed by atoms with Gasteiger partial charge < -0.3 is 10.5 Å². The van der Waals surface area contributed by atoms with Gasteiger partial charge in [-0.1, -0.05) is 11.6 Å². The van der Waals surface area contributed by atoms with E-state index >= 15 is 0 Å². The van der Waals surface area contributed by atoms with E-state index in [9.17, 15) is 4.79 Å². The van der Waals surface area contributed by atoms with Gasteiger partial charge in [-0.25, -0.2) is 0 Å². The molecule has 3 nitrogen and oxygen atoms in total. The summed E-state index contributed by atoms with van der Waals surface area (Å²) in [4.78, 5) is 11.4. The van der Waals surface area contributed by atoms with Gasteiger partial charge in [0.05, 0.1) is 17.2 Å². The zero-order valence-corrected chi connectivity index (χ0v) is 7.60. The number of Topliss-reactive ketones (excluding diaryl/α,β-unsaturated/α-hetero) is 1. The maximum absolute atomic E-state index is 11.4. The number of fused-ring (bicyclic) bond motifs is 1. The molecule has 0 fully saturated rings. The van der Waals surface area contributed by atoms with Gasteiger partial charge in [0.2, 0.25) is 0 Å². The summed E-state index contributed by atoms with van der Waals surface area (Å²) in [6.45, 7) is 0.384. The number of carbonyl (C=O) groups excluding carboxylic acids is 1. The normalized spacial score (nSPS) is 15.0. The Labute approximate surface area is 80.4 Å². The maximum Gasteiger partial charge on any atom is 0.172 e. The number of halogens is 1. The summed E-state index contributed by atoms with van der Waals surface area (Å²) in [5, 5.41) is 0.442. The lowest BCUT2D eigenvalue weighted by Crippen LogP contribution is -2.17. The molecule has 0 saturated heterocycles. The number of nitrogen functional groups attached to an aromatic ring is 1.